The van der Waals surface area contributed by atoms with Crippen LogP contribution in [0.3, 0.4) is 0 Å². The number of carboxylic acid groups (broad SMARTS) is 1. The van der Waals surface area contributed by atoms with Crippen LogP contribution in [0.5, 0.6) is 0 Å². The molecular weight excluding hydrogens is 210 g/mol. The van der Waals surface area contributed by atoms with Crippen molar-refractivity contribution in [3.8, 4) is 0 Å². The SMILES string of the molecule is CC1SCCCC1N(C)C(C)(C)C(=O)O. The van der Waals surface area contributed by atoms with Gasteiger partial charge in [0.05, 0.1) is 0 Å². The lowest BCUT2D eigenvalue weighted by molar-refractivity contribution is -0.150. The van der Waals surface area contributed by atoms with Crippen molar-refractivity contribution in [2.24, 2.45) is 0 Å². The van der Waals surface area contributed by atoms with Crippen LogP contribution in [0.25, 0.3) is 0 Å². The molecule has 1 aliphatic rings. The van der Waals surface area contributed by atoms with E-state index in [1.54, 1.807) is 13.8 Å². The highest BCUT2D eigenvalue weighted by atomic mass is 32.2. The molecule has 0 aromatic carbocycles. The van der Waals surface area contributed by atoms with Crippen LogP contribution in [0, 0.1) is 0 Å². The van der Waals surface area contributed by atoms with Gasteiger partial charge in [-0.05, 0) is 39.5 Å². The number of hydrogen-bond acceptors (Lipinski definition) is 3. The molecule has 3 nitrogen and oxygen atoms in total. The minimum absolute atomic E-state index is 0.384. The van der Waals surface area contributed by atoms with E-state index in [1.807, 2.05) is 23.7 Å². The van der Waals surface area contributed by atoms with E-state index in [0.717, 1.165) is 6.42 Å². The molecule has 1 rings (SSSR count). The molecule has 1 saturated heterocycles. The molecule has 1 aliphatic heterocycles. The van der Waals surface area contributed by atoms with E-state index in [-0.39, 0.29) is 0 Å². The summed E-state index contributed by atoms with van der Waals surface area (Å²) >= 11 is 1.95. The number of thioether (sulfide) groups is 1. The van der Waals surface area contributed by atoms with Crippen molar-refractivity contribution in [2.75, 3.05) is 12.8 Å². The Morgan fingerprint density at radius 3 is 2.60 bits per heavy atom. The standard InChI is InChI=1S/C11H21NO2S/c1-8-9(6-5-7-15-8)12(4)11(2,3)10(13)14/h8-9H,5-7H2,1-4H3,(H,13,14). The quantitative estimate of drug-likeness (QED) is 0.807. The van der Waals surface area contributed by atoms with E-state index in [9.17, 15) is 9.90 Å². The molecule has 2 unspecified atom stereocenters. The fraction of sp³-hybridized carbons (Fsp3) is 0.909. The third-order valence-electron chi connectivity index (χ3n) is 3.47. The van der Waals surface area contributed by atoms with Gasteiger partial charge in [-0.25, -0.2) is 0 Å². The highest BCUT2D eigenvalue weighted by Gasteiger charge is 2.38. The third-order valence-corrected chi connectivity index (χ3v) is 4.83. The van der Waals surface area contributed by atoms with Gasteiger partial charge in [-0.2, -0.15) is 11.8 Å². The van der Waals surface area contributed by atoms with Gasteiger partial charge < -0.3 is 5.11 Å². The van der Waals surface area contributed by atoms with E-state index >= 15 is 0 Å². The van der Waals surface area contributed by atoms with Crippen LogP contribution in [-0.2, 0) is 4.79 Å². The van der Waals surface area contributed by atoms with E-state index in [2.05, 4.69) is 6.92 Å². The predicted molar refractivity (Wildman–Crippen MR) is 64.4 cm³/mol. The Labute approximate surface area is 96.2 Å². The van der Waals surface area contributed by atoms with Crippen LogP contribution < -0.4 is 0 Å². The highest BCUT2D eigenvalue weighted by Crippen LogP contribution is 2.31. The van der Waals surface area contributed by atoms with Crippen LogP contribution >= 0.6 is 11.8 Å². The maximum Gasteiger partial charge on any atom is 0.323 e. The van der Waals surface area contributed by atoms with Crippen molar-refractivity contribution in [1.82, 2.24) is 4.90 Å². The molecule has 1 N–H and O–H groups in total. The largest absolute Gasteiger partial charge is 0.480 e. The summed E-state index contributed by atoms with van der Waals surface area (Å²) in [6.07, 6.45) is 2.31. The minimum atomic E-state index is -0.767. The molecule has 0 spiro atoms. The first kappa shape index (κ1) is 12.8. The fourth-order valence-corrected chi connectivity index (χ4v) is 3.23. The lowest BCUT2D eigenvalue weighted by Gasteiger charge is -2.42. The van der Waals surface area contributed by atoms with Gasteiger partial charge >= 0.3 is 5.97 Å². The van der Waals surface area contributed by atoms with E-state index in [4.69, 9.17) is 0 Å². The normalized spacial score (nSPS) is 28.1. The number of rotatable bonds is 3. The Bertz CT molecular complexity index is 243. The summed E-state index contributed by atoms with van der Waals surface area (Å²) in [5, 5.41) is 9.71. The summed E-state index contributed by atoms with van der Waals surface area (Å²) < 4.78 is 0. The Hall–Kier alpha value is -0.220. The van der Waals surface area contributed by atoms with Gasteiger partial charge in [-0.1, -0.05) is 6.92 Å². The van der Waals surface area contributed by atoms with Gasteiger partial charge in [0.25, 0.3) is 0 Å². The van der Waals surface area contributed by atoms with E-state index in [1.165, 1.54) is 12.2 Å². The molecule has 0 bridgehead atoms. The smallest absolute Gasteiger partial charge is 0.323 e. The molecule has 15 heavy (non-hydrogen) atoms. The summed E-state index contributed by atoms with van der Waals surface area (Å²) in [5.41, 5.74) is -0.767. The molecule has 0 radical (unpaired) electrons. The first-order chi connectivity index (χ1) is 6.87. The third kappa shape index (κ3) is 2.67. The molecule has 2 atom stereocenters. The number of likely N-dealkylation sites (N-methyl/N-ethyl adjacent to an activating group) is 1. The second-order valence-electron chi connectivity index (χ2n) is 4.76. The Morgan fingerprint density at radius 2 is 2.13 bits per heavy atom. The number of carbonyl (C=O) groups is 1. The van der Waals surface area contributed by atoms with Crippen LogP contribution in [0.1, 0.15) is 33.6 Å². The Kier molecular flexibility index (Phi) is 4.06. The summed E-state index contributed by atoms with van der Waals surface area (Å²) in [4.78, 5) is 13.2. The van der Waals surface area contributed by atoms with Gasteiger partial charge in [-0.15, -0.1) is 0 Å². The second-order valence-corrected chi connectivity index (χ2v) is 6.25. The lowest BCUT2D eigenvalue weighted by atomic mass is 9.97. The highest BCUT2D eigenvalue weighted by molar-refractivity contribution is 7.99. The first-order valence-corrected chi connectivity index (χ1v) is 6.50. The maximum atomic E-state index is 11.2. The van der Waals surface area contributed by atoms with Crippen molar-refractivity contribution in [2.45, 2.75) is 50.4 Å². The Balaban J connectivity index is 2.73. The average molecular weight is 231 g/mol. The van der Waals surface area contributed by atoms with Crippen molar-refractivity contribution >= 4 is 17.7 Å². The lowest BCUT2D eigenvalue weighted by Crippen LogP contribution is -2.55. The minimum Gasteiger partial charge on any atom is -0.480 e. The molecule has 0 amide bonds. The zero-order valence-electron chi connectivity index (χ0n) is 9.99. The van der Waals surface area contributed by atoms with Gasteiger partial charge in [0.1, 0.15) is 5.54 Å². The van der Waals surface area contributed by atoms with Crippen molar-refractivity contribution in [1.29, 1.82) is 0 Å². The van der Waals surface area contributed by atoms with Gasteiger partial charge in [-0.3, -0.25) is 9.69 Å². The fourth-order valence-electron chi connectivity index (χ4n) is 1.98. The van der Waals surface area contributed by atoms with Crippen molar-refractivity contribution in [3.05, 3.63) is 0 Å². The zero-order chi connectivity index (χ0) is 11.6. The number of hydrogen-bond donors (Lipinski definition) is 1. The second kappa shape index (κ2) is 4.74. The summed E-state index contributed by atoms with van der Waals surface area (Å²) in [5.74, 6) is 0.465. The van der Waals surface area contributed by atoms with Crippen LogP contribution in [0.2, 0.25) is 0 Å². The van der Waals surface area contributed by atoms with Gasteiger partial charge in [0, 0.05) is 11.3 Å². The molecule has 0 saturated carbocycles. The van der Waals surface area contributed by atoms with E-state index in [0.29, 0.717) is 11.3 Å². The number of nitrogens with zero attached hydrogens (tertiary/aromatic N) is 1. The van der Waals surface area contributed by atoms with Gasteiger partial charge in [0.2, 0.25) is 0 Å². The van der Waals surface area contributed by atoms with E-state index < -0.39 is 11.5 Å². The summed E-state index contributed by atoms with van der Waals surface area (Å²) in [6, 6.07) is 0.384. The summed E-state index contributed by atoms with van der Waals surface area (Å²) in [7, 11) is 1.93. The van der Waals surface area contributed by atoms with Crippen molar-refractivity contribution < 1.29 is 9.90 Å². The maximum absolute atomic E-state index is 11.2. The molecule has 1 fully saturated rings. The molecule has 88 valence electrons. The molecule has 1 heterocycles. The first-order valence-electron chi connectivity index (χ1n) is 5.45. The molecular formula is C11H21NO2S. The topological polar surface area (TPSA) is 40.5 Å². The number of aliphatic carboxylic acids is 1. The molecule has 0 aromatic heterocycles. The van der Waals surface area contributed by atoms with Crippen LogP contribution in [-0.4, -0.2) is 45.6 Å². The zero-order valence-corrected chi connectivity index (χ0v) is 10.8. The monoisotopic (exact) mass is 231 g/mol. The Morgan fingerprint density at radius 1 is 1.53 bits per heavy atom. The summed E-state index contributed by atoms with van der Waals surface area (Å²) in [6.45, 7) is 5.76. The van der Waals surface area contributed by atoms with Gasteiger partial charge in [0.15, 0.2) is 0 Å². The van der Waals surface area contributed by atoms with Crippen molar-refractivity contribution in [3.63, 3.8) is 0 Å². The molecule has 0 aromatic rings. The average Bonchev–Trinajstić information content (AvgIpc) is 2.17. The molecule has 0 aliphatic carbocycles. The predicted octanol–water partition coefficient (Wildman–Crippen LogP) is 2.07. The van der Waals surface area contributed by atoms with Crippen LogP contribution in [0.4, 0.5) is 0 Å². The van der Waals surface area contributed by atoms with Crippen LogP contribution in [0.15, 0.2) is 0 Å². The molecule has 4 heteroatoms. The number of carboxylic acids is 1.